The Hall–Kier alpha value is -0.570. The molecule has 1 atom stereocenters. The van der Waals surface area contributed by atoms with E-state index in [1.54, 1.807) is 0 Å². The smallest absolute Gasteiger partial charge is 0.219 e. The first-order chi connectivity index (χ1) is 10.2. The van der Waals surface area contributed by atoms with Crippen LogP contribution in [-0.4, -0.2) is 19.0 Å². The maximum absolute atomic E-state index is 11.6. The average Bonchev–Trinajstić information content (AvgIpc) is 2.49. The highest BCUT2D eigenvalue weighted by Crippen LogP contribution is 2.10. The second-order valence-corrected chi connectivity index (χ2v) is 6.41. The van der Waals surface area contributed by atoms with Crippen molar-refractivity contribution in [2.45, 2.75) is 90.9 Å². The molecule has 0 heterocycles. The van der Waals surface area contributed by atoms with Crippen molar-refractivity contribution in [2.24, 2.45) is 11.7 Å². The minimum absolute atomic E-state index is 0.221. The van der Waals surface area contributed by atoms with Gasteiger partial charge in [0, 0.05) is 13.0 Å². The van der Waals surface area contributed by atoms with E-state index in [0.29, 0.717) is 12.3 Å². The molecule has 0 radical (unpaired) electrons. The Bertz CT molecular complexity index is 231. The second-order valence-electron chi connectivity index (χ2n) is 6.41. The number of hydrogen-bond acceptors (Lipinski definition) is 2. The summed E-state index contributed by atoms with van der Waals surface area (Å²) in [6.07, 6.45) is 14.5. The largest absolute Gasteiger partial charge is 0.356 e. The fourth-order valence-corrected chi connectivity index (χ4v) is 2.48. The van der Waals surface area contributed by atoms with E-state index >= 15 is 0 Å². The van der Waals surface area contributed by atoms with Gasteiger partial charge in [-0.05, 0) is 31.7 Å². The summed E-state index contributed by atoms with van der Waals surface area (Å²) in [5.41, 5.74) is 5.57. The predicted molar refractivity (Wildman–Crippen MR) is 92.3 cm³/mol. The number of amides is 1. The summed E-state index contributed by atoms with van der Waals surface area (Å²) < 4.78 is 0. The number of unbranched alkanes of at least 4 members (excludes halogenated alkanes) is 8. The van der Waals surface area contributed by atoms with Crippen LogP contribution in [0.3, 0.4) is 0 Å². The molecule has 0 aromatic carbocycles. The van der Waals surface area contributed by atoms with Crippen LogP contribution in [0.15, 0.2) is 0 Å². The topological polar surface area (TPSA) is 55.1 Å². The highest BCUT2D eigenvalue weighted by atomic mass is 16.1. The lowest BCUT2D eigenvalue weighted by atomic mass is 10.1. The van der Waals surface area contributed by atoms with Gasteiger partial charge in [-0.3, -0.25) is 4.79 Å². The molecule has 0 rings (SSSR count). The first-order valence-electron chi connectivity index (χ1n) is 9.17. The van der Waals surface area contributed by atoms with Gasteiger partial charge in [0.1, 0.15) is 0 Å². The molecule has 0 aromatic rings. The highest BCUT2D eigenvalue weighted by molar-refractivity contribution is 5.75. The zero-order valence-electron chi connectivity index (χ0n) is 14.5. The van der Waals surface area contributed by atoms with E-state index in [-0.39, 0.29) is 5.91 Å². The molecule has 3 heteroatoms. The number of rotatable bonds is 15. The van der Waals surface area contributed by atoms with E-state index in [1.165, 1.54) is 51.4 Å². The molecule has 21 heavy (non-hydrogen) atoms. The van der Waals surface area contributed by atoms with Crippen molar-refractivity contribution >= 4 is 5.91 Å². The van der Waals surface area contributed by atoms with Crippen LogP contribution in [-0.2, 0) is 4.79 Å². The zero-order chi connectivity index (χ0) is 15.8. The third-order valence-electron chi connectivity index (χ3n) is 4.11. The van der Waals surface area contributed by atoms with E-state index < -0.39 is 0 Å². The summed E-state index contributed by atoms with van der Waals surface area (Å²) in [4.78, 5) is 11.6. The van der Waals surface area contributed by atoms with Crippen molar-refractivity contribution < 1.29 is 4.79 Å². The lowest BCUT2D eigenvalue weighted by Gasteiger charge is -2.08. The molecule has 0 aliphatic rings. The zero-order valence-corrected chi connectivity index (χ0v) is 14.5. The summed E-state index contributed by atoms with van der Waals surface area (Å²) >= 11 is 0. The SMILES string of the molecule is CCCCCCCCCCCC(=O)NCCCC(C)CN. The Morgan fingerprint density at radius 3 is 2.10 bits per heavy atom. The summed E-state index contributed by atoms with van der Waals surface area (Å²) in [6.45, 7) is 5.96. The fraction of sp³-hybridized carbons (Fsp3) is 0.944. The number of nitrogens with one attached hydrogen (secondary N) is 1. The molecule has 0 spiro atoms. The molecule has 3 nitrogen and oxygen atoms in total. The van der Waals surface area contributed by atoms with Crippen LogP contribution in [0, 0.1) is 5.92 Å². The maximum Gasteiger partial charge on any atom is 0.219 e. The Labute approximate surface area is 132 Å². The van der Waals surface area contributed by atoms with Crippen LogP contribution in [0.4, 0.5) is 0 Å². The number of hydrogen-bond donors (Lipinski definition) is 2. The molecule has 0 fully saturated rings. The molecule has 1 amide bonds. The van der Waals surface area contributed by atoms with Gasteiger partial charge in [0.2, 0.25) is 5.91 Å². The standard InChI is InChI=1S/C18H38N2O/c1-3-4-5-6-7-8-9-10-11-14-18(21)20-15-12-13-17(2)16-19/h17H,3-16,19H2,1-2H3,(H,20,21). The molecule has 0 saturated carbocycles. The molecule has 3 N–H and O–H groups in total. The van der Waals surface area contributed by atoms with Crippen molar-refractivity contribution in [1.82, 2.24) is 5.32 Å². The third-order valence-corrected chi connectivity index (χ3v) is 4.11. The molecule has 0 aliphatic carbocycles. The molecular weight excluding hydrogens is 260 g/mol. The van der Waals surface area contributed by atoms with Crippen molar-refractivity contribution in [2.75, 3.05) is 13.1 Å². The van der Waals surface area contributed by atoms with E-state index in [4.69, 9.17) is 5.73 Å². The average molecular weight is 299 g/mol. The second kappa shape index (κ2) is 15.8. The van der Waals surface area contributed by atoms with Gasteiger partial charge in [-0.1, -0.05) is 65.2 Å². The van der Waals surface area contributed by atoms with Gasteiger partial charge in [-0.2, -0.15) is 0 Å². The quantitative estimate of drug-likeness (QED) is 0.440. The monoisotopic (exact) mass is 298 g/mol. The first kappa shape index (κ1) is 20.4. The van der Waals surface area contributed by atoms with Gasteiger partial charge in [-0.15, -0.1) is 0 Å². The summed E-state index contributed by atoms with van der Waals surface area (Å²) in [5, 5.41) is 3.01. The molecule has 0 bridgehead atoms. The third kappa shape index (κ3) is 15.6. The first-order valence-corrected chi connectivity index (χ1v) is 9.17. The molecular formula is C18H38N2O. The number of carbonyl (C=O) groups is 1. The van der Waals surface area contributed by atoms with E-state index in [1.807, 2.05) is 0 Å². The van der Waals surface area contributed by atoms with Gasteiger partial charge in [0.05, 0.1) is 0 Å². The number of nitrogens with two attached hydrogens (primary N) is 1. The van der Waals surface area contributed by atoms with Crippen LogP contribution in [0.2, 0.25) is 0 Å². The van der Waals surface area contributed by atoms with Crippen LogP contribution in [0.1, 0.15) is 90.9 Å². The fourth-order valence-electron chi connectivity index (χ4n) is 2.48. The highest BCUT2D eigenvalue weighted by Gasteiger charge is 2.02. The maximum atomic E-state index is 11.6. The van der Waals surface area contributed by atoms with E-state index in [2.05, 4.69) is 19.2 Å². The summed E-state index contributed by atoms with van der Waals surface area (Å²) in [5.74, 6) is 0.789. The minimum atomic E-state index is 0.221. The summed E-state index contributed by atoms with van der Waals surface area (Å²) in [6, 6.07) is 0. The molecule has 0 aliphatic heterocycles. The van der Waals surface area contributed by atoms with Crippen molar-refractivity contribution in [1.29, 1.82) is 0 Å². The minimum Gasteiger partial charge on any atom is -0.356 e. The van der Waals surface area contributed by atoms with Crippen molar-refractivity contribution in [3.05, 3.63) is 0 Å². The van der Waals surface area contributed by atoms with E-state index in [0.717, 1.165) is 32.4 Å². The lowest BCUT2D eigenvalue weighted by molar-refractivity contribution is -0.121. The Morgan fingerprint density at radius 2 is 1.52 bits per heavy atom. The molecule has 126 valence electrons. The van der Waals surface area contributed by atoms with Crippen molar-refractivity contribution in [3.63, 3.8) is 0 Å². The Balaban J connectivity index is 3.19. The van der Waals surface area contributed by atoms with Crippen LogP contribution in [0.25, 0.3) is 0 Å². The van der Waals surface area contributed by atoms with Gasteiger partial charge in [0.25, 0.3) is 0 Å². The predicted octanol–water partition coefficient (Wildman–Crippen LogP) is 4.40. The van der Waals surface area contributed by atoms with Gasteiger partial charge >= 0.3 is 0 Å². The van der Waals surface area contributed by atoms with E-state index in [9.17, 15) is 4.79 Å². The normalized spacial score (nSPS) is 12.3. The Morgan fingerprint density at radius 1 is 0.952 bits per heavy atom. The van der Waals surface area contributed by atoms with Crippen LogP contribution >= 0.6 is 0 Å². The molecule has 0 aromatic heterocycles. The lowest BCUT2D eigenvalue weighted by Crippen LogP contribution is -2.24. The van der Waals surface area contributed by atoms with Crippen LogP contribution in [0.5, 0.6) is 0 Å². The molecule has 0 saturated heterocycles. The molecule has 1 unspecified atom stereocenters. The van der Waals surface area contributed by atoms with Crippen molar-refractivity contribution in [3.8, 4) is 0 Å². The number of carbonyl (C=O) groups excluding carboxylic acids is 1. The Kier molecular flexibility index (Phi) is 15.4. The van der Waals surface area contributed by atoms with Gasteiger partial charge < -0.3 is 11.1 Å². The van der Waals surface area contributed by atoms with Gasteiger partial charge in [0.15, 0.2) is 0 Å². The van der Waals surface area contributed by atoms with Crippen LogP contribution < -0.4 is 11.1 Å². The van der Waals surface area contributed by atoms with Gasteiger partial charge in [-0.25, -0.2) is 0 Å². The summed E-state index contributed by atoms with van der Waals surface area (Å²) in [7, 11) is 0.